The molecular formula is C10H9ClN2. The van der Waals surface area contributed by atoms with Gasteiger partial charge in [-0.3, -0.25) is 0 Å². The Labute approximate surface area is 81.3 Å². The number of anilines is 1. The molecule has 2 aromatic rings. The molecular weight excluding hydrogens is 184 g/mol. The van der Waals surface area contributed by atoms with Gasteiger partial charge in [-0.15, -0.1) is 0 Å². The molecule has 0 atom stereocenters. The first-order valence-electron chi connectivity index (χ1n) is 3.97. The fourth-order valence-corrected chi connectivity index (χ4v) is 1.51. The molecule has 1 heterocycles. The van der Waals surface area contributed by atoms with Gasteiger partial charge in [0, 0.05) is 16.8 Å². The highest BCUT2D eigenvalue weighted by Crippen LogP contribution is 2.29. The van der Waals surface area contributed by atoms with Crippen LogP contribution in [0.2, 0.25) is 5.02 Å². The van der Waals surface area contributed by atoms with Crippen molar-refractivity contribution in [2.75, 3.05) is 5.73 Å². The quantitative estimate of drug-likeness (QED) is 0.717. The van der Waals surface area contributed by atoms with E-state index in [1.54, 1.807) is 6.20 Å². The van der Waals surface area contributed by atoms with E-state index in [4.69, 9.17) is 17.3 Å². The van der Waals surface area contributed by atoms with Gasteiger partial charge < -0.3 is 10.7 Å². The molecule has 66 valence electrons. The lowest BCUT2D eigenvalue weighted by molar-refractivity contribution is 1.40. The van der Waals surface area contributed by atoms with E-state index in [1.165, 1.54) is 0 Å². The number of halogens is 1. The summed E-state index contributed by atoms with van der Waals surface area (Å²) in [5.41, 5.74) is 8.28. The number of nitrogens with one attached hydrogen (secondary N) is 1. The lowest BCUT2D eigenvalue weighted by Gasteiger charge is -2.02. The Balaban J connectivity index is 2.59. The molecule has 0 unspecified atom stereocenters. The van der Waals surface area contributed by atoms with E-state index >= 15 is 0 Å². The first-order chi connectivity index (χ1) is 6.29. The summed E-state index contributed by atoms with van der Waals surface area (Å²) in [5, 5.41) is 0.705. The lowest BCUT2D eigenvalue weighted by Crippen LogP contribution is -1.86. The minimum absolute atomic E-state index is 0.705. The highest BCUT2D eigenvalue weighted by molar-refractivity contribution is 6.33. The van der Waals surface area contributed by atoms with Crippen LogP contribution in [-0.4, -0.2) is 4.98 Å². The van der Waals surface area contributed by atoms with E-state index in [0.717, 1.165) is 11.3 Å². The maximum absolute atomic E-state index is 6.01. The molecule has 0 saturated heterocycles. The van der Waals surface area contributed by atoms with Gasteiger partial charge in [-0.2, -0.15) is 0 Å². The maximum Gasteiger partial charge on any atom is 0.0702 e. The summed E-state index contributed by atoms with van der Waals surface area (Å²) in [6.07, 6.45) is 1.80. The molecule has 13 heavy (non-hydrogen) atoms. The Morgan fingerprint density at radius 2 is 1.92 bits per heavy atom. The Hall–Kier alpha value is -1.41. The third-order valence-corrected chi connectivity index (χ3v) is 2.25. The molecule has 0 aliphatic heterocycles. The van der Waals surface area contributed by atoms with Gasteiger partial charge in [-0.25, -0.2) is 0 Å². The van der Waals surface area contributed by atoms with Crippen molar-refractivity contribution in [3.63, 3.8) is 0 Å². The van der Waals surface area contributed by atoms with Crippen LogP contribution in [0.4, 0.5) is 5.69 Å². The van der Waals surface area contributed by atoms with Crippen molar-refractivity contribution < 1.29 is 0 Å². The molecule has 0 aliphatic carbocycles. The normalized spacial score (nSPS) is 10.2. The number of rotatable bonds is 1. The van der Waals surface area contributed by atoms with Gasteiger partial charge in [0.2, 0.25) is 0 Å². The predicted octanol–water partition coefficient (Wildman–Crippen LogP) is 2.92. The molecule has 1 aromatic heterocycles. The summed E-state index contributed by atoms with van der Waals surface area (Å²) >= 11 is 6.01. The van der Waals surface area contributed by atoms with Crippen LogP contribution in [0.5, 0.6) is 0 Å². The van der Waals surface area contributed by atoms with Crippen molar-refractivity contribution in [3.05, 3.63) is 41.6 Å². The van der Waals surface area contributed by atoms with Crippen molar-refractivity contribution in [2.45, 2.75) is 0 Å². The van der Waals surface area contributed by atoms with Crippen LogP contribution < -0.4 is 5.73 Å². The Kier molecular flexibility index (Phi) is 1.99. The van der Waals surface area contributed by atoms with Crippen LogP contribution in [0.3, 0.4) is 0 Å². The highest BCUT2D eigenvalue weighted by atomic mass is 35.5. The number of hydrogen-bond acceptors (Lipinski definition) is 1. The van der Waals surface area contributed by atoms with Crippen molar-refractivity contribution >= 4 is 17.3 Å². The molecule has 3 heteroatoms. The predicted molar refractivity (Wildman–Crippen MR) is 55.7 cm³/mol. The minimum atomic E-state index is 0.705. The smallest absolute Gasteiger partial charge is 0.0702 e. The number of aromatic amines is 1. The average molecular weight is 193 g/mol. The molecule has 2 nitrogen and oxygen atoms in total. The SMILES string of the molecule is Nc1cc[nH]c1-c1ccccc1Cl. The summed E-state index contributed by atoms with van der Waals surface area (Å²) in [6.45, 7) is 0. The molecule has 0 spiro atoms. The third-order valence-electron chi connectivity index (χ3n) is 1.92. The summed E-state index contributed by atoms with van der Waals surface area (Å²) in [4.78, 5) is 3.05. The van der Waals surface area contributed by atoms with Crippen molar-refractivity contribution in [3.8, 4) is 11.3 Å². The van der Waals surface area contributed by atoms with Crippen LogP contribution in [0.25, 0.3) is 11.3 Å². The molecule has 3 N–H and O–H groups in total. The summed E-state index contributed by atoms with van der Waals surface area (Å²) in [6, 6.07) is 9.42. The number of aromatic nitrogens is 1. The van der Waals surface area contributed by atoms with Crippen LogP contribution in [-0.2, 0) is 0 Å². The third kappa shape index (κ3) is 1.40. The van der Waals surface area contributed by atoms with Crippen molar-refractivity contribution in [2.24, 2.45) is 0 Å². The molecule has 0 fully saturated rings. The van der Waals surface area contributed by atoms with E-state index in [2.05, 4.69) is 4.98 Å². The van der Waals surface area contributed by atoms with Crippen LogP contribution in [0.15, 0.2) is 36.5 Å². The monoisotopic (exact) mass is 192 g/mol. The van der Waals surface area contributed by atoms with Crippen molar-refractivity contribution in [1.29, 1.82) is 0 Å². The first-order valence-corrected chi connectivity index (χ1v) is 4.34. The Morgan fingerprint density at radius 1 is 1.15 bits per heavy atom. The zero-order chi connectivity index (χ0) is 9.26. The number of hydrogen-bond donors (Lipinski definition) is 2. The van der Waals surface area contributed by atoms with Crippen LogP contribution in [0, 0.1) is 0 Å². The van der Waals surface area contributed by atoms with Gasteiger partial charge in [0.25, 0.3) is 0 Å². The van der Waals surface area contributed by atoms with Gasteiger partial charge in [0.15, 0.2) is 0 Å². The van der Waals surface area contributed by atoms with E-state index in [9.17, 15) is 0 Å². The van der Waals surface area contributed by atoms with Gasteiger partial charge in [-0.05, 0) is 12.1 Å². The largest absolute Gasteiger partial charge is 0.397 e. The molecule has 0 saturated carbocycles. The zero-order valence-electron chi connectivity index (χ0n) is 6.92. The summed E-state index contributed by atoms with van der Waals surface area (Å²) in [5.74, 6) is 0. The number of nitrogen functional groups attached to an aromatic ring is 1. The molecule has 1 aromatic carbocycles. The topological polar surface area (TPSA) is 41.8 Å². The van der Waals surface area contributed by atoms with Crippen LogP contribution in [0.1, 0.15) is 0 Å². The second-order valence-corrected chi connectivity index (χ2v) is 3.20. The first kappa shape index (κ1) is 8.20. The number of benzene rings is 1. The second-order valence-electron chi connectivity index (χ2n) is 2.79. The fourth-order valence-electron chi connectivity index (χ4n) is 1.28. The fraction of sp³-hybridized carbons (Fsp3) is 0. The number of H-pyrrole nitrogens is 1. The molecule has 0 radical (unpaired) electrons. The standard InChI is InChI=1S/C10H9ClN2/c11-8-4-2-1-3-7(8)10-9(12)5-6-13-10/h1-6,13H,12H2. The minimum Gasteiger partial charge on any atom is -0.397 e. The average Bonchev–Trinajstić information content (AvgIpc) is 2.52. The van der Waals surface area contributed by atoms with Gasteiger partial charge in [-0.1, -0.05) is 29.8 Å². The maximum atomic E-state index is 6.01. The second kappa shape index (κ2) is 3.15. The highest BCUT2D eigenvalue weighted by Gasteiger charge is 2.05. The van der Waals surface area contributed by atoms with Crippen molar-refractivity contribution in [1.82, 2.24) is 4.98 Å². The van der Waals surface area contributed by atoms with E-state index < -0.39 is 0 Å². The van der Waals surface area contributed by atoms with Gasteiger partial charge >= 0.3 is 0 Å². The van der Waals surface area contributed by atoms with Gasteiger partial charge in [0.1, 0.15) is 0 Å². The van der Waals surface area contributed by atoms with E-state index in [-0.39, 0.29) is 0 Å². The Bertz CT molecular complexity index is 420. The lowest BCUT2D eigenvalue weighted by atomic mass is 10.1. The zero-order valence-corrected chi connectivity index (χ0v) is 7.68. The summed E-state index contributed by atoms with van der Waals surface area (Å²) in [7, 11) is 0. The Morgan fingerprint density at radius 3 is 2.54 bits per heavy atom. The van der Waals surface area contributed by atoms with Gasteiger partial charge in [0.05, 0.1) is 11.4 Å². The molecule has 0 aliphatic rings. The molecule has 0 amide bonds. The molecule has 2 rings (SSSR count). The summed E-state index contributed by atoms with van der Waals surface area (Å²) < 4.78 is 0. The molecule has 0 bridgehead atoms. The van der Waals surface area contributed by atoms with E-state index in [1.807, 2.05) is 30.3 Å². The van der Waals surface area contributed by atoms with E-state index in [0.29, 0.717) is 10.7 Å². The number of nitrogens with two attached hydrogens (primary N) is 1. The van der Waals surface area contributed by atoms with Crippen LogP contribution >= 0.6 is 11.6 Å².